The Kier molecular flexibility index (Phi) is 6.31. The number of anilines is 1. The maximum atomic E-state index is 12.5. The zero-order valence-corrected chi connectivity index (χ0v) is 11.4. The second kappa shape index (κ2) is 7.97. The van der Waals surface area contributed by atoms with E-state index in [4.69, 9.17) is 5.26 Å². The lowest BCUT2D eigenvalue weighted by Crippen LogP contribution is -2.36. The molecule has 1 aromatic rings. The van der Waals surface area contributed by atoms with Gasteiger partial charge in [0.05, 0.1) is 11.6 Å². The number of nitrogens with zero attached hydrogens (tertiary/aromatic N) is 2. The van der Waals surface area contributed by atoms with Crippen LogP contribution < -0.4 is 10.6 Å². The lowest BCUT2D eigenvalue weighted by Gasteiger charge is -2.09. The highest BCUT2D eigenvalue weighted by molar-refractivity contribution is 6.39. The average Bonchev–Trinajstić information content (AvgIpc) is 2.46. The summed E-state index contributed by atoms with van der Waals surface area (Å²) in [5, 5.41) is 12.6. The quantitative estimate of drug-likeness (QED) is 0.640. The summed E-state index contributed by atoms with van der Waals surface area (Å²) in [6.07, 6.45) is -2.23. The van der Waals surface area contributed by atoms with Crippen molar-refractivity contribution in [2.75, 3.05) is 11.9 Å². The van der Waals surface area contributed by atoms with Gasteiger partial charge in [-0.15, -0.1) is 0 Å². The number of nitriles is 1. The number of rotatable bonds is 5. The molecule has 0 saturated heterocycles. The lowest BCUT2D eigenvalue weighted by molar-refractivity contribution is -0.137. The van der Waals surface area contributed by atoms with Gasteiger partial charge < -0.3 is 10.6 Å². The predicted octanol–water partition coefficient (Wildman–Crippen LogP) is 1.85. The summed E-state index contributed by atoms with van der Waals surface area (Å²) < 4.78 is 37.5. The molecule has 0 aliphatic carbocycles. The van der Waals surface area contributed by atoms with Crippen LogP contribution in [0.15, 0.2) is 18.3 Å². The zero-order valence-electron chi connectivity index (χ0n) is 11.4. The summed E-state index contributed by atoms with van der Waals surface area (Å²) in [6, 6.07) is 3.33. The molecule has 9 heteroatoms. The Balaban J connectivity index is 2.51. The average molecular weight is 314 g/mol. The standard InChI is InChI=1S/C13H13F3N4O2/c14-13(15,16)9-4-7-18-10(8-9)20-12(22)11(21)19-6-3-1-2-5-17/h4,7-8H,1-3,6H2,(H,19,21)(H,18,20,22). The first-order chi connectivity index (χ1) is 10.3. The van der Waals surface area contributed by atoms with Crippen molar-refractivity contribution < 1.29 is 22.8 Å². The molecular weight excluding hydrogens is 301 g/mol. The first-order valence-electron chi connectivity index (χ1n) is 6.34. The third-order valence-electron chi connectivity index (χ3n) is 2.54. The van der Waals surface area contributed by atoms with Gasteiger partial charge in [0.1, 0.15) is 5.82 Å². The van der Waals surface area contributed by atoms with E-state index in [1.807, 2.05) is 11.4 Å². The van der Waals surface area contributed by atoms with Gasteiger partial charge in [0.2, 0.25) is 0 Å². The van der Waals surface area contributed by atoms with Crippen LogP contribution in [-0.4, -0.2) is 23.3 Å². The van der Waals surface area contributed by atoms with Crippen molar-refractivity contribution in [3.05, 3.63) is 23.9 Å². The molecule has 6 nitrogen and oxygen atoms in total. The Morgan fingerprint density at radius 3 is 2.64 bits per heavy atom. The Hall–Kier alpha value is -2.63. The van der Waals surface area contributed by atoms with Crippen molar-refractivity contribution in [1.82, 2.24) is 10.3 Å². The SMILES string of the molecule is N#CCCCCNC(=O)C(=O)Nc1cc(C(F)(F)F)ccn1. The third-order valence-corrected chi connectivity index (χ3v) is 2.54. The van der Waals surface area contributed by atoms with Gasteiger partial charge in [-0.2, -0.15) is 18.4 Å². The highest BCUT2D eigenvalue weighted by atomic mass is 19.4. The second-order valence-electron chi connectivity index (χ2n) is 4.25. The van der Waals surface area contributed by atoms with Gasteiger partial charge in [-0.05, 0) is 25.0 Å². The highest BCUT2D eigenvalue weighted by Gasteiger charge is 2.31. The minimum Gasteiger partial charge on any atom is -0.348 e. The normalized spacial score (nSPS) is 10.6. The van der Waals surface area contributed by atoms with E-state index in [9.17, 15) is 22.8 Å². The molecule has 0 fully saturated rings. The summed E-state index contributed by atoms with van der Waals surface area (Å²) >= 11 is 0. The highest BCUT2D eigenvalue weighted by Crippen LogP contribution is 2.29. The van der Waals surface area contributed by atoms with Gasteiger partial charge in [0, 0.05) is 19.2 Å². The van der Waals surface area contributed by atoms with Crippen LogP contribution in [-0.2, 0) is 15.8 Å². The number of alkyl halides is 3. The number of hydrogen-bond donors (Lipinski definition) is 2. The number of pyridine rings is 1. The van der Waals surface area contributed by atoms with Gasteiger partial charge in [0.15, 0.2) is 0 Å². The molecule has 1 rings (SSSR count). The number of unbranched alkanes of at least 4 members (excludes halogenated alkanes) is 2. The molecule has 22 heavy (non-hydrogen) atoms. The number of nitrogens with one attached hydrogen (secondary N) is 2. The van der Waals surface area contributed by atoms with Gasteiger partial charge in [-0.3, -0.25) is 9.59 Å². The summed E-state index contributed by atoms with van der Waals surface area (Å²) in [7, 11) is 0. The first kappa shape index (κ1) is 17.4. The molecule has 118 valence electrons. The fourth-order valence-corrected chi connectivity index (χ4v) is 1.46. The van der Waals surface area contributed by atoms with Crippen molar-refractivity contribution >= 4 is 17.6 Å². The van der Waals surface area contributed by atoms with E-state index in [-0.39, 0.29) is 12.4 Å². The largest absolute Gasteiger partial charge is 0.416 e. The Labute approximate surface area is 124 Å². The lowest BCUT2D eigenvalue weighted by atomic mass is 10.2. The van der Waals surface area contributed by atoms with Crippen molar-refractivity contribution in [3.63, 3.8) is 0 Å². The summed E-state index contributed by atoms with van der Waals surface area (Å²) in [5.41, 5.74) is -0.977. The zero-order chi connectivity index (χ0) is 16.6. The molecule has 0 atom stereocenters. The predicted molar refractivity (Wildman–Crippen MR) is 70.3 cm³/mol. The Morgan fingerprint density at radius 2 is 2.00 bits per heavy atom. The second-order valence-corrected chi connectivity index (χ2v) is 4.25. The molecule has 0 aromatic carbocycles. The molecule has 1 heterocycles. The topological polar surface area (TPSA) is 94.9 Å². The van der Waals surface area contributed by atoms with Crippen molar-refractivity contribution in [2.24, 2.45) is 0 Å². The first-order valence-corrected chi connectivity index (χ1v) is 6.34. The van der Waals surface area contributed by atoms with Crippen LogP contribution in [0.25, 0.3) is 0 Å². The summed E-state index contributed by atoms with van der Waals surface area (Å²) in [6.45, 7) is 0.198. The van der Waals surface area contributed by atoms with Gasteiger partial charge in [0.25, 0.3) is 0 Å². The Bertz CT molecular complexity index is 581. The smallest absolute Gasteiger partial charge is 0.348 e. The van der Waals surface area contributed by atoms with Crippen molar-refractivity contribution in [3.8, 4) is 6.07 Å². The minimum absolute atomic E-state index is 0.198. The maximum absolute atomic E-state index is 12.5. The van der Waals surface area contributed by atoms with Crippen LogP contribution in [0.4, 0.5) is 19.0 Å². The maximum Gasteiger partial charge on any atom is 0.416 e. The number of carbonyl (C=O) groups is 2. The molecule has 1 aromatic heterocycles. The van der Waals surface area contributed by atoms with Crippen LogP contribution in [0.3, 0.4) is 0 Å². The van der Waals surface area contributed by atoms with Crippen molar-refractivity contribution in [1.29, 1.82) is 5.26 Å². The van der Waals surface area contributed by atoms with Crippen molar-refractivity contribution in [2.45, 2.75) is 25.4 Å². The molecule has 0 bridgehead atoms. The van der Waals surface area contributed by atoms with E-state index in [1.165, 1.54) is 0 Å². The molecule has 0 aliphatic heterocycles. The van der Waals surface area contributed by atoms with Crippen LogP contribution in [0.2, 0.25) is 0 Å². The molecule has 0 spiro atoms. The number of amides is 2. The molecule has 0 radical (unpaired) electrons. The fourth-order valence-electron chi connectivity index (χ4n) is 1.46. The van der Waals surface area contributed by atoms with Crippen LogP contribution in [0.1, 0.15) is 24.8 Å². The third kappa shape index (κ3) is 5.78. The molecule has 0 aliphatic rings. The van der Waals surface area contributed by atoms with Gasteiger partial charge >= 0.3 is 18.0 Å². The Morgan fingerprint density at radius 1 is 1.27 bits per heavy atom. The molecule has 0 unspecified atom stereocenters. The van der Waals surface area contributed by atoms with Gasteiger partial charge in [-0.1, -0.05) is 0 Å². The number of hydrogen-bond acceptors (Lipinski definition) is 4. The summed E-state index contributed by atoms with van der Waals surface area (Å²) in [4.78, 5) is 26.5. The monoisotopic (exact) mass is 314 g/mol. The molecule has 2 N–H and O–H groups in total. The molecular formula is C13H13F3N4O2. The fraction of sp³-hybridized carbons (Fsp3) is 0.385. The molecule has 2 amide bonds. The number of aromatic nitrogens is 1. The van der Waals surface area contributed by atoms with E-state index in [0.717, 1.165) is 12.3 Å². The minimum atomic E-state index is -4.56. The molecule has 0 saturated carbocycles. The van der Waals surface area contributed by atoms with E-state index < -0.39 is 23.6 Å². The van der Waals surface area contributed by atoms with Gasteiger partial charge in [-0.25, -0.2) is 4.98 Å². The number of halogens is 3. The van der Waals surface area contributed by atoms with Crippen LogP contribution in [0.5, 0.6) is 0 Å². The van der Waals surface area contributed by atoms with E-state index in [1.54, 1.807) is 0 Å². The van der Waals surface area contributed by atoms with E-state index in [0.29, 0.717) is 25.3 Å². The van der Waals surface area contributed by atoms with E-state index in [2.05, 4.69) is 10.3 Å². The van der Waals surface area contributed by atoms with Crippen LogP contribution in [0, 0.1) is 11.3 Å². The summed E-state index contributed by atoms with van der Waals surface area (Å²) in [5.74, 6) is -2.44. The van der Waals surface area contributed by atoms with E-state index >= 15 is 0 Å². The van der Waals surface area contributed by atoms with Crippen LogP contribution >= 0.6 is 0 Å². The number of carbonyl (C=O) groups excluding carboxylic acids is 2.